The van der Waals surface area contributed by atoms with Gasteiger partial charge in [0.15, 0.2) is 0 Å². The molecule has 7 nitrogen and oxygen atoms in total. The molecule has 2 amide bonds. The third-order valence-corrected chi connectivity index (χ3v) is 4.09. The van der Waals surface area contributed by atoms with E-state index in [2.05, 4.69) is 10.2 Å². The van der Waals surface area contributed by atoms with Gasteiger partial charge in [0.05, 0.1) is 23.5 Å². The van der Waals surface area contributed by atoms with Crippen LogP contribution in [0.3, 0.4) is 0 Å². The second-order valence-electron chi connectivity index (χ2n) is 5.75. The van der Waals surface area contributed by atoms with E-state index in [1.807, 2.05) is 6.07 Å². The number of carbonyl (C=O) groups is 2. The number of primary amides is 1. The Bertz CT molecular complexity index is 763. The van der Waals surface area contributed by atoms with Gasteiger partial charge in [0.1, 0.15) is 12.0 Å². The minimum Gasteiger partial charge on any atom is -0.467 e. The van der Waals surface area contributed by atoms with Gasteiger partial charge in [-0.25, -0.2) is 0 Å². The quantitative estimate of drug-likeness (QED) is 0.772. The van der Waals surface area contributed by atoms with Crippen molar-refractivity contribution in [2.45, 2.75) is 19.4 Å². The molecule has 5 N–H and O–H groups in total. The van der Waals surface area contributed by atoms with Gasteiger partial charge in [-0.15, -0.1) is 0 Å². The van der Waals surface area contributed by atoms with Gasteiger partial charge in [-0.1, -0.05) is 0 Å². The van der Waals surface area contributed by atoms with Gasteiger partial charge >= 0.3 is 0 Å². The third kappa shape index (κ3) is 3.26. The molecule has 2 heterocycles. The number of rotatable bonds is 5. The highest BCUT2D eigenvalue weighted by Crippen LogP contribution is 2.30. The summed E-state index contributed by atoms with van der Waals surface area (Å²) in [5, 5.41) is 2.85. The van der Waals surface area contributed by atoms with E-state index in [1.54, 1.807) is 18.2 Å². The molecule has 0 bridgehead atoms. The van der Waals surface area contributed by atoms with Crippen molar-refractivity contribution in [2.24, 2.45) is 11.5 Å². The summed E-state index contributed by atoms with van der Waals surface area (Å²) >= 11 is 0. The molecule has 24 heavy (non-hydrogen) atoms. The molecule has 1 aromatic heterocycles. The fraction of sp³-hybridized carbons (Fsp3) is 0.294. The average molecular weight is 328 g/mol. The molecule has 1 saturated heterocycles. The molecule has 126 valence electrons. The largest absolute Gasteiger partial charge is 0.467 e. The van der Waals surface area contributed by atoms with E-state index in [1.165, 1.54) is 6.26 Å². The molecular formula is C17H20N4O3. The Morgan fingerprint density at radius 1 is 1.17 bits per heavy atom. The second kappa shape index (κ2) is 6.76. The van der Waals surface area contributed by atoms with Crippen LogP contribution in [-0.4, -0.2) is 24.9 Å². The second-order valence-corrected chi connectivity index (χ2v) is 5.75. The topological polar surface area (TPSA) is 115 Å². The molecule has 1 fully saturated rings. The highest BCUT2D eigenvalue weighted by Gasteiger charge is 2.19. The van der Waals surface area contributed by atoms with Crippen LogP contribution in [0.5, 0.6) is 0 Å². The number of amides is 2. The predicted molar refractivity (Wildman–Crippen MR) is 91.0 cm³/mol. The van der Waals surface area contributed by atoms with Crippen molar-refractivity contribution >= 4 is 23.2 Å². The van der Waals surface area contributed by atoms with Crippen molar-refractivity contribution in [1.82, 2.24) is 0 Å². The van der Waals surface area contributed by atoms with Crippen molar-refractivity contribution in [3.8, 4) is 0 Å². The minimum absolute atomic E-state index is 0.226. The van der Waals surface area contributed by atoms with Crippen LogP contribution in [0.25, 0.3) is 0 Å². The Labute approximate surface area is 139 Å². The zero-order valence-corrected chi connectivity index (χ0v) is 13.2. The zero-order chi connectivity index (χ0) is 17.1. The maximum Gasteiger partial charge on any atom is 0.258 e. The van der Waals surface area contributed by atoms with Gasteiger partial charge in [0.2, 0.25) is 5.91 Å². The molecule has 0 unspecified atom stereocenters. The van der Waals surface area contributed by atoms with Crippen molar-refractivity contribution in [2.75, 3.05) is 23.3 Å². The maximum absolute atomic E-state index is 12.4. The van der Waals surface area contributed by atoms with Crippen molar-refractivity contribution in [3.05, 3.63) is 47.4 Å². The van der Waals surface area contributed by atoms with Crippen LogP contribution < -0.4 is 21.7 Å². The predicted octanol–water partition coefficient (Wildman–Crippen LogP) is 1.69. The molecule has 1 aliphatic heterocycles. The highest BCUT2D eigenvalue weighted by atomic mass is 16.3. The van der Waals surface area contributed by atoms with Gasteiger partial charge in [0, 0.05) is 18.7 Å². The lowest BCUT2D eigenvalue weighted by Crippen LogP contribution is -2.22. The minimum atomic E-state index is -0.535. The third-order valence-electron chi connectivity index (χ3n) is 4.09. The Hall–Kier alpha value is -2.80. The van der Waals surface area contributed by atoms with Crippen LogP contribution in [0.1, 0.15) is 39.3 Å². The summed E-state index contributed by atoms with van der Waals surface area (Å²) in [5.74, 6) is -0.321. The van der Waals surface area contributed by atoms with Gasteiger partial charge in [-0.05, 0) is 37.1 Å². The standard InChI is InChI=1S/C17H20N4O3/c18-9-13-7-12(10-24-13)17(23)20-14-8-11(16(19)22)3-4-15(14)21-5-1-2-6-21/h3-4,7-8,10H,1-2,5-6,9,18H2,(H2,19,22)(H,20,23). The van der Waals surface area contributed by atoms with Crippen molar-refractivity contribution < 1.29 is 14.0 Å². The lowest BCUT2D eigenvalue weighted by molar-refractivity contribution is 0.0996. The number of anilines is 2. The fourth-order valence-electron chi connectivity index (χ4n) is 2.82. The average Bonchev–Trinajstić information content (AvgIpc) is 3.26. The number of furan rings is 1. The number of benzene rings is 1. The molecule has 1 aliphatic rings. The Kier molecular flexibility index (Phi) is 4.52. The van der Waals surface area contributed by atoms with Crippen LogP contribution >= 0.6 is 0 Å². The fourth-order valence-corrected chi connectivity index (χ4v) is 2.82. The highest BCUT2D eigenvalue weighted by molar-refractivity contribution is 6.07. The van der Waals surface area contributed by atoms with E-state index >= 15 is 0 Å². The molecule has 1 aromatic carbocycles. The Balaban J connectivity index is 1.90. The first-order valence-electron chi connectivity index (χ1n) is 7.86. The number of hydrogen-bond donors (Lipinski definition) is 3. The summed E-state index contributed by atoms with van der Waals surface area (Å²) < 4.78 is 5.19. The first kappa shape index (κ1) is 16.1. The Morgan fingerprint density at radius 2 is 1.92 bits per heavy atom. The number of nitrogens with two attached hydrogens (primary N) is 2. The van der Waals surface area contributed by atoms with Crippen molar-refractivity contribution in [3.63, 3.8) is 0 Å². The van der Waals surface area contributed by atoms with E-state index in [9.17, 15) is 9.59 Å². The van der Waals surface area contributed by atoms with E-state index < -0.39 is 5.91 Å². The van der Waals surface area contributed by atoms with Crippen LogP contribution in [0.4, 0.5) is 11.4 Å². The summed E-state index contributed by atoms with van der Waals surface area (Å²) in [6.45, 7) is 2.06. The summed E-state index contributed by atoms with van der Waals surface area (Å²) in [6, 6.07) is 6.71. The first-order chi connectivity index (χ1) is 11.6. The first-order valence-corrected chi connectivity index (χ1v) is 7.86. The number of nitrogens with zero attached hydrogens (tertiary/aromatic N) is 1. The summed E-state index contributed by atoms with van der Waals surface area (Å²) in [5.41, 5.74) is 13.0. The van der Waals surface area contributed by atoms with Crippen LogP contribution in [0.2, 0.25) is 0 Å². The maximum atomic E-state index is 12.4. The van der Waals surface area contributed by atoms with Gasteiger partial charge in [-0.2, -0.15) is 0 Å². The summed E-state index contributed by atoms with van der Waals surface area (Å²) in [6.07, 6.45) is 3.57. The summed E-state index contributed by atoms with van der Waals surface area (Å²) in [7, 11) is 0. The van der Waals surface area contributed by atoms with E-state index in [0.717, 1.165) is 31.6 Å². The van der Waals surface area contributed by atoms with E-state index in [0.29, 0.717) is 22.6 Å². The SMILES string of the molecule is NCc1cc(C(=O)Nc2cc(C(N)=O)ccc2N2CCCC2)co1. The van der Waals surface area contributed by atoms with Crippen LogP contribution in [0, 0.1) is 0 Å². The summed E-state index contributed by atoms with van der Waals surface area (Å²) in [4.78, 5) is 26.1. The molecule has 0 atom stereocenters. The number of carbonyl (C=O) groups excluding carboxylic acids is 2. The molecule has 0 radical (unpaired) electrons. The van der Waals surface area contributed by atoms with Gasteiger partial charge in [0.25, 0.3) is 5.91 Å². The molecular weight excluding hydrogens is 308 g/mol. The molecule has 0 aliphatic carbocycles. The normalized spacial score (nSPS) is 14.0. The molecule has 3 rings (SSSR count). The van der Waals surface area contributed by atoms with Crippen molar-refractivity contribution in [1.29, 1.82) is 0 Å². The van der Waals surface area contributed by atoms with E-state index in [-0.39, 0.29) is 12.5 Å². The van der Waals surface area contributed by atoms with Crippen LogP contribution in [0.15, 0.2) is 34.9 Å². The number of hydrogen-bond acceptors (Lipinski definition) is 5. The van der Waals surface area contributed by atoms with Crippen LogP contribution in [-0.2, 0) is 6.54 Å². The van der Waals surface area contributed by atoms with E-state index in [4.69, 9.17) is 15.9 Å². The smallest absolute Gasteiger partial charge is 0.258 e. The van der Waals surface area contributed by atoms with Gasteiger partial charge < -0.3 is 26.1 Å². The Morgan fingerprint density at radius 3 is 2.54 bits per heavy atom. The molecule has 7 heteroatoms. The monoisotopic (exact) mass is 328 g/mol. The zero-order valence-electron chi connectivity index (χ0n) is 13.2. The molecule has 0 spiro atoms. The lowest BCUT2D eigenvalue weighted by atomic mass is 10.1. The van der Waals surface area contributed by atoms with Gasteiger partial charge in [-0.3, -0.25) is 9.59 Å². The molecule has 2 aromatic rings. The number of nitrogens with one attached hydrogen (secondary N) is 1. The molecule has 0 saturated carbocycles. The lowest BCUT2D eigenvalue weighted by Gasteiger charge is -2.22.